The summed E-state index contributed by atoms with van der Waals surface area (Å²) in [6.45, 7) is 4.13. The van der Waals surface area contributed by atoms with Crippen molar-refractivity contribution in [3.8, 4) is 0 Å². The van der Waals surface area contributed by atoms with Crippen molar-refractivity contribution in [1.29, 1.82) is 0 Å². The molecule has 1 aliphatic rings. The highest BCUT2D eigenvalue weighted by atomic mass is 32.2. The van der Waals surface area contributed by atoms with Crippen LogP contribution in [0.3, 0.4) is 0 Å². The van der Waals surface area contributed by atoms with Crippen molar-refractivity contribution >= 4 is 17.7 Å². The van der Waals surface area contributed by atoms with Crippen molar-refractivity contribution in [2.75, 3.05) is 5.75 Å². The van der Waals surface area contributed by atoms with Gasteiger partial charge in [-0.3, -0.25) is 10.1 Å². The number of hydrogen-bond acceptors (Lipinski definition) is 3. The monoisotopic (exact) mass is 237 g/mol. The van der Waals surface area contributed by atoms with Gasteiger partial charge in [-0.1, -0.05) is 23.8 Å². The minimum atomic E-state index is -0.764. The second-order valence-electron chi connectivity index (χ2n) is 4.13. The van der Waals surface area contributed by atoms with Gasteiger partial charge in [0.25, 0.3) is 0 Å². The quantitative estimate of drug-likeness (QED) is 0.827. The summed E-state index contributed by atoms with van der Waals surface area (Å²) in [7, 11) is 0. The second-order valence-corrected chi connectivity index (χ2v) is 5.27. The lowest BCUT2D eigenvalue weighted by Gasteiger charge is -2.14. The standard InChI is InChI=1S/C12H15NO2S/c1-7-3-4-9(8(2)5-7)11-13-10(6-16-11)12(14)15/h3-5,10-11,13H,6H2,1-2H3,(H,14,15)/t10-,11-/m0/s1. The van der Waals surface area contributed by atoms with Crippen molar-refractivity contribution in [1.82, 2.24) is 5.32 Å². The third-order valence-corrected chi connectivity index (χ3v) is 4.04. The topological polar surface area (TPSA) is 49.3 Å². The van der Waals surface area contributed by atoms with E-state index >= 15 is 0 Å². The summed E-state index contributed by atoms with van der Waals surface area (Å²) in [5.74, 6) is -0.132. The van der Waals surface area contributed by atoms with E-state index in [1.807, 2.05) is 0 Å². The number of rotatable bonds is 2. The number of thioether (sulfide) groups is 1. The molecule has 2 rings (SSSR count). The normalized spacial score (nSPS) is 24.6. The van der Waals surface area contributed by atoms with Crippen LogP contribution in [-0.2, 0) is 4.79 Å². The Balaban J connectivity index is 2.17. The highest BCUT2D eigenvalue weighted by molar-refractivity contribution is 7.99. The van der Waals surface area contributed by atoms with Crippen LogP contribution in [0.4, 0.5) is 0 Å². The van der Waals surface area contributed by atoms with Gasteiger partial charge in [-0.15, -0.1) is 11.8 Å². The van der Waals surface area contributed by atoms with Crippen LogP contribution < -0.4 is 5.32 Å². The van der Waals surface area contributed by atoms with Crippen LogP contribution in [-0.4, -0.2) is 22.9 Å². The van der Waals surface area contributed by atoms with E-state index in [1.165, 1.54) is 16.7 Å². The van der Waals surface area contributed by atoms with Crippen LogP contribution in [0.2, 0.25) is 0 Å². The lowest BCUT2D eigenvalue weighted by molar-refractivity contribution is -0.138. The molecule has 0 radical (unpaired) electrons. The predicted molar refractivity (Wildman–Crippen MR) is 65.7 cm³/mol. The molecular formula is C12H15NO2S. The molecule has 0 bridgehead atoms. The summed E-state index contributed by atoms with van der Waals surface area (Å²) >= 11 is 1.66. The molecule has 1 fully saturated rings. The molecule has 3 nitrogen and oxygen atoms in total. The maximum atomic E-state index is 10.8. The van der Waals surface area contributed by atoms with E-state index in [0.717, 1.165) is 0 Å². The third kappa shape index (κ3) is 2.23. The van der Waals surface area contributed by atoms with E-state index in [0.29, 0.717) is 5.75 Å². The van der Waals surface area contributed by atoms with Gasteiger partial charge in [0.2, 0.25) is 0 Å². The van der Waals surface area contributed by atoms with Gasteiger partial charge in [-0.2, -0.15) is 0 Å². The Hall–Kier alpha value is -1.00. The first-order chi connectivity index (χ1) is 7.58. The number of carboxylic acid groups (broad SMARTS) is 1. The van der Waals surface area contributed by atoms with Crippen LogP contribution in [0.5, 0.6) is 0 Å². The molecule has 1 heterocycles. The molecule has 1 saturated heterocycles. The number of nitrogens with one attached hydrogen (secondary N) is 1. The van der Waals surface area contributed by atoms with Crippen molar-refractivity contribution in [2.24, 2.45) is 0 Å². The Kier molecular flexibility index (Phi) is 3.21. The first-order valence-corrected chi connectivity index (χ1v) is 6.30. The Morgan fingerprint density at radius 1 is 1.50 bits per heavy atom. The van der Waals surface area contributed by atoms with Crippen LogP contribution in [0.15, 0.2) is 18.2 Å². The third-order valence-electron chi connectivity index (χ3n) is 2.79. The number of aryl methyl sites for hydroxylation is 2. The van der Waals surface area contributed by atoms with Crippen LogP contribution >= 0.6 is 11.8 Å². The van der Waals surface area contributed by atoms with Gasteiger partial charge < -0.3 is 5.11 Å². The first-order valence-electron chi connectivity index (χ1n) is 5.25. The molecule has 4 heteroatoms. The van der Waals surface area contributed by atoms with Crippen molar-refractivity contribution in [3.63, 3.8) is 0 Å². The van der Waals surface area contributed by atoms with Crippen molar-refractivity contribution < 1.29 is 9.90 Å². The lowest BCUT2D eigenvalue weighted by atomic mass is 10.1. The van der Waals surface area contributed by atoms with Crippen LogP contribution in [0.25, 0.3) is 0 Å². The van der Waals surface area contributed by atoms with Gasteiger partial charge in [0.1, 0.15) is 6.04 Å². The van der Waals surface area contributed by atoms with E-state index < -0.39 is 12.0 Å². The van der Waals surface area contributed by atoms with E-state index in [9.17, 15) is 4.79 Å². The maximum Gasteiger partial charge on any atom is 0.321 e. The zero-order valence-electron chi connectivity index (χ0n) is 9.36. The molecular weight excluding hydrogens is 222 g/mol. The minimum Gasteiger partial charge on any atom is -0.480 e. The molecule has 2 N–H and O–H groups in total. The molecule has 1 aromatic rings. The summed E-state index contributed by atoms with van der Waals surface area (Å²) in [5, 5.41) is 12.2. The average molecular weight is 237 g/mol. The van der Waals surface area contributed by atoms with Gasteiger partial charge in [-0.25, -0.2) is 0 Å². The van der Waals surface area contributed by atoms with Crippen LogP contribution in [0, 0.1) is 13.8 Å². The van der Waals surface area contributed by atoms with E-state index in [-0.39, 0.29) is 5.37 Å². The maximum absolute atomic E-state index is 10.8. The Labute approximate surface area is 99.2 Å². The fourth-order valence-electron chi connectivity index (χ4n) is 1.91. The molecule has 86 valence electrons. The summed E-state index contributed by atoms with van der Waals surface area (Å²) in [4.78, 5) is 10.8. The van der Waals surface area contributed by atoms with E-state index in [1.54, 1.807) is 11.8 Å². The molecule has 0 saturated carbocycles. The lowest BCUT2D eigenvalue weighted by Crippen LogP contribution is -2.33. The number of benzene rings is 1. The van der Waals surface area contributed by atoms with Gasteiger partial charge >= 0.3 is 5.97 Å². The van der Waals surface area contributed by atoms with Crippen LogP contribution in [0.1, 0.15) is 22.1 Å². The number of carbonyl (C=O) groups is 1. The molecule has 0 aliphatic carbocycles. The largest absolute Gasteiger partial charge is 0.480 e. The zero-order chi connectivity index (χ0) is 11.7. The van der Waals surface area contributed by atoms with E-state index in [4.69, 9.17) is 5.11 Å². The Morgan fingerprint density at radius 3 is 2.81 bits per heavy atom. The summed E-state index contributed by atoms with van der Waals surface area (Å²) in [6.07, 6.45) is 0. The van der Waals surface area contributed by atoms with Gasteiger partial charge in [0, 0.05) is 5.75 Å². The smallest absolute Gasteiger partial charge is 0.321 e. The van der Waals surface area contributed by atoms with Gasteiger partial charge in [-0.05, 0) is 25.0 Å². The number of hydrogen-bond donors (Lipinski definition) is 2. The molecule has 0 unspecified atom stereocenters. The van der Waals surface area contributed by atoms with Crippen molar-refractivity contribution in [2.45, 2.75) is 25.3 Å². The number of carboxylic acids is 1. The average Bonchev–Trinajstić information content (AvgIpc) is 2.66. The summed E-state index contributed by atoms with van der Waals surface area (Å²) < 4.78 is 0. The molecule has 16 heavy (non-hydrogen) atoms. The summed E-state index contributed by atoms with van der Waals surface area (Å²) in [6, 6.07) is 5.86. The van der Waals surface area contributed by atoms with Crippen molar-refractivity contribution in [3.05, 3.63) is 34.9 Å². The predicted octanol–water partition coefficient (Wildman–Crippen LogP) is 2.09. The molecule has 0 amide bonds. The highest BCUT2D eigenvalue weighted by Gasteiger charge is 2.30. The summed E-state index contributed by atoms with van der Waals surface area (Å²) in [5.41, 5.74) is 3.65. The molecule has 1 aliphatic heterocycles. The Bertz CT molecular complexity index is 419. The Morgan fingerprint density at radius 2 is 2.25 bits per heavy atom. The molecule has 1 aromatic carbocycles. The van der Waals surface area contributed by atoms with Gasteiger partial charge in [0.15, 0.2) is 0 Å². The fourth-order valence-corrected chi connectivity index (χ4v) is 3.24. The molecule has 0 spiro atoms. The molecule has 0 aromatic heterocycles. The minimum absolute atomic E-state index is 0.113. The van der Waals surface area contributed by atoms with Gasteiger partial charge in [0.05, 0.1) is 5.37 Å². The zero-order valence-corrected chi connectivity index (χ0v) is 10.2. The second kappa shape index (κ2) is 4.47. The number of aliphatic carboxylic acids is 1. The SMILES string of the molecule is Cc1ccc([C@H]2N[C@H](C(=O)O)CS2)c(C)c1. The van der Waals surface area contributed by atoms with E-state index in [2.05, 4.69) is 37.4 Å². The first kappa shape index (κ1) is 11.5. The highest BCUT2D eigenvalue weighted by Crippen LogP contribution is 2.34. The fraction of sp³-hybridized carbons (Fsp3) is 0.417. The molecule has 2 atom stereocenters.